The molecule has 1 saturated heterocycles. The number of hydrogen-bond donors (Lipinski definition) is 2. The zero-order valence-electron chi connectivity index (χ0n) is 12.1. The number of nitrogens with zero attached hydrogens (tertiary/aromatic N) is 1. The van der Waals surface area contributed by atoms with Crippen molar-refractivity contribution in [1.82, 2.24) is 10.3 Å². The second kappa shape index (κ2) is 6.68. The molecule has 0 aromatic heterocycles. The van der Waals surface area contributed by atoms with E-state index in [-0.39, 0.29) is 18.1 Å². The maximum Gasteiger partial charge on any atom is 0.263 e. The lowest BCUT2D eigenvalue weighted by Crippen LogP contribution is -2.42. The lowest BCUT2D eigenvalue weighted by atomic mass is 9.86. The summed E-state index contributed by atoms with van der Waals surface area (Å²) in [6, 6.07) is 0.676. The number of rotatable bonds is 4. The summed E-state index contributed by atoms with van der Waals surface area (Å²) in [6.07, 6.45) is 6.82. The van der Waals surface area contributed by atoms with Crippen LogP contribution in [0.25, 0.3) is 0 Å². The summed E-state index contributed by atoms with van der Waals surface area (Å²) in [5, 5.41) is 0. The van der Waals surface area contributed by atoms with E-state index in [2.05, 4.69) is 24.3 Å². The van der Waals surface area contributed by atoms with Crippen LogP contribution in [0.5, 0.6) is 0 Å². The van der Waals surface area contributed by atoms with E-state index < -0.39 is 0 Å². The van der Waals surface area contributed by atoms with Crippen molar-refractivity contribution in [3.8, 4) is 0 Å². The molecule has 1 aliphatic carbocycles. The molecule has 2 aliphatic rings. The van der Waals surface area contributed by atoms with E-state index in [1.54, 1.807) is 0 Å². The number of hydrogen-bond acceptors (Lipinski definition) is 4. The van der Waals surface area contributed by atoms with E-state index in [0.717, 1.165) is 25.3 Å². The molecule has 4 atom stereocenters. The minimum atomic E-state index is -0.353. The van der Waals surface area contributed by atoms with Crippen molar-refractivity contribution in [1.29, 1.82) is 0 Å². The van der Waals surface area contributed by atoms with Crippen molar-refractivity contribution in [2.75, 3.05) is 13.6 Å². The molecule has 110 valence electrons. The molecule has 0 bridgehead atoms. The predicted molar refractivity (Wildman–Crippen MR) is 74.3 cm³/mol. The van der Waals surface area contributed by atoms with Gasteiger partial charge in [-0.2, -0.15) is 0 Å². The van der Waals surface area contributed by atoms with Crippen LogP contribution in [0.3, 0.4) is 0 Å². The Bertz CT molecular complexity index is 311. The number of ether oxygens (including phenoxy) is 1. The second-order valence-corrected chi connectivity index (χ2v) is 6.20. The van der Waals surface area contributed by atoms with E-state index in [0.29, 0.717) is 6.04 Å². The highest BCUT2D eigenvalue weighted by atomic mass is 16.5. The topological polar surface area (TPSA) is 67.6 Å². The van der Waals surface area contributed by atoms with Gasteiger partial charge >= 0.3 is 0 Å². The van der Waals surface area contributed by atoms with E-state index in [1.807, 2.05) is 0 Å². The van der Waals surface area contributed by atoms with Crippen molar-refractivity contribution in [2.45, 2.75) is 63.7 Å². The summed E-state index contributed by atoms with van der Waals surface area (Å²) in [5.74, 6) is 5.78. The van der Waals surface area contributed by atoms with E-state index >= 15 is 0 Å². The first-order valence-electron chi connectivity index (χ1n) is 7.46. The molecule has 1 saturated carbocycles. The number of likely N-dealkylation sites (N-methyl/N-ethyl adjacent to an activating group) is 1. The minimum absolute atomic E-state index is 0.171. The summed E-state index contributed by atoms with van der Waals surface area (Å²) in [7, 11) is 2.18. The Morgan fingerprint density at radius 3 is 2.84 bits per heavy atom. The third-order valence-corrected chi connectivity index (χ3v) is 4.57. The molecule has 0 spiro atoms. The van der Waals surface area contributed by atoms with Gasteiger partial charge in [0.2, 0.25) is 0 Å². The van der Waals surface area contributed by atoms with Gasteiger partial charge in [-0.3, -0.25) is 10.2 Å². The highest BCUT2D eigenvalue weighted by Crippen LogP contribution is 2.28. The average molecular weight is 269 g/mol. The van der Waals surface area contributed by atoms with Crippen LogP contribution in [0.1, 0.15) is 45.4 Å². The quantitative estimate of drug-likeness (QED) is 0.454. The standard InChI is InChI=1S/C14H27N3O2/c1-10-4-3-5-11(8-10)17(2)9-12-6-7-13(19-12)14(18)16-15/h10-13H,3-9,15H2,1-2H3,(H,16,18). The molecule has 0 aromatic rings. The van der Waals surface area contributed by atoms with Gasteiger partial charge in [-0.15, -0.1) is 0 Å². The monoisotopic (exact) mass is 269 g/mol. The number of carbonyl (C=O) groups excluding carboxylic acids is 1. The first-order valence-corrected chi connectivity index (χ1v) is 7.46. The van der Waals surface area contributed by atoms with Crippen LogP contribution in [0.15, 0.2) is 0 Å². The molecular formula is C14H27N3O2. The summed E-state index contributed by atoms with van der Waals surface area (Å²) >= 11 is 0. The summed E-state index contributed by atoms with van der Waals surface area (Å²) in [5.41, 5.74) is 2.17. The highest BCUT2D eigenvalue weighted by Gasteiger charge is 2.32. The first kappa shape index (κ1) is 14.8. The molecule has 0 radical (unpaired) electrons. The fraction of sp³-hybridized carbons (Fsp3) is 0.929. The smallest absolute Gasteiger partial charge is 0.263 e. The zero-order chi connectivity index (χ0) is 13.8. The van der Waals surface area contributed by atoms with Crippen molar-refractivity contribution >= 4 is 5.91 Å². The fourth-order valence-corrected chi connectivity index (χ4v) is 3.40. The number of amides is 1. The molecule has 3 N–H and O–H groups in total. The summed E-state index contributed by atoms with van der Waals surface area (Å²) < 4.78 is 5.77. The van der Waals surface area contributed by atoms with E-state index in [1.165, 1.54) is 25.7 Å². The molecule has 19 heavy (non-hydrogen) atoms. The normalized spacial score (nSPS) is 35.6. The minimum Gasteiger partial charge on any atom is -0.364 e. The van der Waals surface area contributed by atoms with Gasteiger partial charge in [-0.25, -0.2) is 5.84 Å². The van der Waals surface area contributed by atoms with Gasteiger partial charge in [0, 0.05) is 12.6 Å². The number of nitrogens with one attached hydrogen (secondary N) is 1. The maximum atomic E-state index is 11.4. The SMILES string of the molecule is CC1CCCC(N(C)CC2CCC(C(=O)NN)O2)C1. The van der Waals surface area contributed by atoms with Gasteiger partial charge in [0.25, 0.3) is 5.91 Å². The fourth-order valence-electron chi connectivity index (χ4n) is 3.40. The lowest BCUT2D eigenvalue weighted by Gasteiger charge is -2.35. The summed E-state index contributed by atoms with van der Waals surface area (Å²) in [6.45, 7) is 3.26. The van der Waals surface area contributed by atoms with E-state index in [4.69, 9.17) is 10.6 Å². The van der Waals surface area contributed by atoms with Gasteiger partial charge in [-0.1, -0.05) is 19.8 Å². The van der Waals surface area contributed by atoms with Crippen LogP contribution in [-0.2, 0) is 9.53 Å². The molecule has 1 heterocycles. The molecule has 4 unspecified atom stereocenters. The van der Waals surface area contributed by atoms with Crippen molar-refractivity contribution in [3.05, 3.63) is 0 Å². The van der Waals surface area contributed by atoms with Gasteiger partial charge in [-0.05, 0) is 38.6 Å². The van der Waals surface area contributed by atoms with Gasteiger partial charge in [0.05, 0.1) is 6.10 Å². The van der Waals surface area contributed by atoms with Gasteiger partial charge in [0.1, 0.15) is 6.10 Å². The molecule has 0 aromatic carbocycles. The number of hydrazine groups is 1. The number of nitrogens with two attached hydrogens (primary N) is 1. The Morgan fingerprint density at radius 2 is 2.16 bits per heavy atom. The molecule has 2 fully saturated rings. The van der Waals surface area contributed by atoms with Crippen LogP contribution < -0.4 is 11.3 Å². The molecule has 2 rings (SSSR count). The average Bonchev–Trinajstić information content (AvgIpc) is 2.86. The van der Waals surface area contributed by atoms with E-state index in [9.17, 15) is 4.79 Å². The van der Waals surface area contributed by atoms with Crippen LogP contribution in [0, 0.1) is 5.92 Å². The van der Waals surface area contributed by atoms with Crippen LogP contribution >= 0.6 is 0 Å². The van der Waals surface area contributed by atoms with Gasteiger partial charge < -0.3 is 9.64 Å². The molecule has 5 nitrogen and oxygen atoms in total. The first-order chi connectivity index (χ1) is 9.10. The van der Waals surface area contributed by atoms with Crippen molar-refractivity contribution in [2.24, 2.45) is 11.8 Å². The van der Waals surface area contributed by atoms with Crippen LogP contribution in [0.2, 0.25) is 0 Å². The van der Waals surface area contributed by atoms with Crippen LogP contribution in [0.4, 0.5) is 0 Å². The van der Waals surface area contributed by atoms with Crippen molar-refractivity contribution < 1.29 is 9.53 Å². The molecule has 5 heteroatoms. The third kappa shape index (κ3) is 3.91. The zero-order valence-corrected chi connectivity index (χ0v) is 12.1. The Labute approximate surface area is 115 Å². The Kier molecular flexibility index (Phi) is 5.19. The van der Waals surface area contributed by atoms with Crippen molar-refractivity contribution in [3.63, 3.8) is 0 Å². The largest absolute Gasteiger partial charge is 0.364 e. The van der Waals surface area contributed by atoms with Crippen LogP contribution in [-0.4, -0.2) is 42.6 Å². The molecule has 1 amide bonds. The third-order valence-electron chi connectivity index (χ3n) is 4.57. The predicted octanol–water partition coefficient (Wildman–Crippen LogP) is 1.03. The maximum absolute atomic E-state index is 11.4. The second-order valence-electron chi connectivity index (χ2n) is 6.20. The molecular weight excluding hydrogens is 242 g/mol. The summed E-state index contributed by atoms with van der Waals surface area (Å²) in [4.78, 5) is 13.8. The Hall–Kier alpha value is -0.650. The highest BCUT2D eigenvalue weighted by molar-refractivity contribution is 5.80. The Morgan fingerprint density at radius 1 is 1.37 bits per heavy atom. The van der Waals surface area contributed by atoms with Gasteiger partial charge in [0.15, 0.2) is 0 Å². The Balaban J connectivity index is 1.77. The lowest BCUT2D eigenvalue weighted by molar-refractivity contribution is -0.132. The number of carbonyl (C=O) groups is 1. The molecule has 1 aliphatic heterocycles.